The number of carbonyl (C=O) groups is 2. The van der Waals surface area contributed by atoms with Crippen LogP contribution in [-0.2, 0) is 16.1 Å². The van der Waals surface area contributed by atoms with E-state index in [-0.39, 0.29) is 30.7 Å². The summed E-state index contributed by atoms with van der Waals surface area (Å²) in [7, 11) is 3.49. The quantitative estimate of drug-likeness (QED) is 0.779. The Morgan fingerprint density at radius 3 is 2.47 bits per heavy atom. The van der Waals surface area contributed by atoms with Gasteiger partial charge in [0.15, 0.2) is 0 Å². The molecule has 2 aliphatic rings. The molecule has 1 fully saturated rings. The number of nitrogens with zero attached hydrogens (tertiary/aromatic N) is 2. The first-order valence-electron chi connectivity index (χ1n) is 10.1. The molecular weight excluding hydrogens is 380 g/mol. The number of morpholine rings is 1. The van der Waals surface area contributed by atoms with E-state index in [0.29, 0.717) is 25.2 Å². The van der Waals surface area contributed by atoms with Crippen molar-refractivity contribution in [1.29, 1.82) is 0 Å². The van der Waals surface area contributed by atoms with E-state index in [1.165, 1.54) is 5.57 Å². The molecule has 2 aliphatic heterocycles. The van der Waals surface area contributed by atoms with Crippen molar-refractivity contribution in [3.05, 3.63) is 77.4 Å². The fourth-order valence-corrected chi connectivity index (χ4v) is 3.97. The van der Waals surface area contributed by atoms with Crippen LogP contribution in [0.2, 0.25) is 0 Å². The predicted molar refractivity (Wildman–Crippen MR) is 114 cm³/mol. The molecule has 4 rings (SSSR count). The number of rotatable bonds is 4. The van der Waals surface area contributed by atoms with Gasteiger partial charge in [-0.1, -0.05) is 48.5 Å². The highest BCUT2D eigenvalue weighted by Gasteiger charge is 2.39. The number of benzene rings is 2. The van der Waals surface area contributed by atoms with E-state index in [1.54, 1.807) is 23.9 Å². The molecular formula is C24H26N2O4. The van der Waals surface area contributed by atoms with E-state index in [9.17, 15) is 9.59 Å². The average molecular weight is 406 g/mol. The summed E-state index contributed by atoms with van der Waals surface area (Å²) in [4.78, 5) is 28.3. The summed E-state index contributed by atoms with van der Waals surface area (Å²) in [6, 6.07) is 17.1. The average Bonchev–Trinajstić information content (AvgIpc) is 2.77. The Bertz CT molecular complexity index is 937. The summed E-state index contributed by atoms with van der Waals surface area (Å²) in [5.74, 6) is -0.0169. The van der Waals surface area contributed by atoms with Gasteiger partial charge in [-0.3, -0.25) is 9.69 Å². The van der Waals surface area contributed by atoms with Crippen LogP contribution >= 0.6 is 0 Å². The second-order valence-corrected chi connectivity index (χ2v) is 7.88. The molecule has 0 radical (unpaired) electrons. The molecule has 2 aromatic carbocycles. The maximum absolute atomic E-state index is 12.8. The summed E-state index contributed by atoms with van der Waals surface area (Å²) >= 11 is 0. The first-order valence-corrected chi connectivity index (χ1v) is 10.1. The van der Waals surface area contributed by atoms with Gasteiger partial charge in [-0.05, 0) is 35.3 Å². The van der Waals surface area contributed by atoms with Crippen LogP contribution < -0.4 is 0 Å². The van der Waals surface area contributed by atoms with Crippen LogP contribution in [0, 0.1) is 0 Å². The number of hydrogen-bond acceptors (Lipinski definition) is 4. The maximum Gasteiger partial charge on any atom is 0.411 e. The van der Waals surface area contributed by atoms with Crippen LogP contribution in [0.25, 0.3) is 5.57 Å². The van der Waals surface area contributed by atoms with E-state index in [0.717, 1.165) is 11.1 Å². The van der Waals surface area contributed by atoms with Crippen molar-refractivity contribution in [3.8, 4) is 0 Å². The van der Waals surface area contributed by atoms with Gasteiger partial charge in [0.05, 0.1) is 25.3 Å². The zero-order valence-corrected chi connectivity index (χ0v) is 17.3. The van der Waals surface area contributed by atoms with Gasteiger partial charge >= 0.3 is 6.09 Å². The molecule has 156 valence electrons. The second-order valence-electron chi connectivity index (χ2n) is 7.88. The Hall–Kier alpha value is -3.12. The van der Waals surface area contributed by atoms with E-state index in [1.807, 2.05) is 54.6 Å². The molecule has 1 saturated heterocycles. The monoisotopic (exact) mass is 406 g/mol. The van der Waals surface area contributed by atoms with Crippen molar-refractivity contribution < 1.29 is 19.1 Å². The van der Waals surface area contributed by atoms with E-state index in [4.69, 9.17) is 9.47 Å². The fraction of sp³-hybridized carbons (Fsp3) is 0.333. The lowest BCUT2D eigenvalue weighted by atomic mass is 9.89. The van der Waals surface area contributed by atoms with Gasteiger partial charge in [0.1, 0.15) is 6.61 Å². The van der Waals surface area contributed by atoms with Crippen molar-refractivity contribution in [1.82, 2.24) is 9.80 Å². The molecule has 0 N–H and O–H groups in total. The molecule has 0 aliphatic carbocycles. The molecule has 30 heavy (non-hydrogen) atoms. The Kier molecular flexibility index (Phi) is 5.86. The Balaban J connectivity index is 1.48. The maximum atomic E-state index is 12.8. The van der Waals surface area contributed by atoms with Gasteiger partial charge in [-0.2, -0.15) is 0 Å². The standard InChI is InChI=1S/C24H26N2O4/c1-25(2)23(27)19-10-8-18(9-11-19)20-12-21-15-29-16-22(13-20)26(21)24(28)30-14-17-6-4-3-5-7-17/h3-12,21-22H,13-16H2,1-2H3. The van der Waals surface area contributed by atoms with Crippen molar-refractivity contribution in [2.75, 3.05) is 27.3 Å². The lowest BCUT2D eigenvalue weighted by molar-refractivity contribution is -0.0342. The number of amides is 2. The summed E-state index contributed by atoms with van der Waals surface area (Å²) in [6.45, 7) is 1.21. The SMILES string of the molecule is CN(C)C(=O)c1ccc(C2=CC3COCC(C2)N3C(=O)OCc2ccccc2)cc1. The van der Waals surface area contributed by atoms with Crippen molar-refractivity contribution >= 4 is 17.6 Å². The van der Waals surface area contributed by atoms with Crippen molar-refractivity contribution in [3.63, 3.8) is 0 Å². The topological polar surface area (TPSA) is 59.1 Å². The molecule has 6 nitrogen and oxygen atoms in total. The van der Waals surface area contributed by atoms with Gasteiger partial charge < -0.3 is 14.4 Å². The second kappa shape index (κ2) is 8.71. The third-order valence-electron chi connectivity index (χ3n) is 5.52. The van der Waals surface area contributed by atoms with Gasteiger partial charge in [-0.15, -0.1) is 0 Å². The van der Waals surface area contributed by atoms with Crippen LogP contribution in [0.5, 0.6) is 0 Å². The predicted octanol–water partition coefficient (Wildman–Crippen LogP) is 3.58. The van der Waals surface area contributed by atoms with Crippen LogP contribution in [0.3, 0.4) is 0 Å². The molecule has 2 amide bonds. The van der Waals surface area contributed by atoms with Crippen molar-refractivity contribution in [2.45, 2.75) is 25.1 Å². The smallest absolute Gasteiger partial charge is 0.411 e. The third-order valence-corrected chi connectivity index (χ3v) is 5.52. The van der Waals surface area contributed by atoms with Gasteiger partial charge in [-0.25, -0.2) is 4.79 Å². The molecule has 2 bridgehead atoms. The van der Waals surface area contributed by atoms with Gasteiger partial charge in [0.2, 0.25) is 0 Å². The Labute approximate surface area is 176 Å². The van der Waals surface area contributed by atoms with E-state index in [2.05, 4.69) is 6.08 Å². The number of hydrogen-bond donors (Lipinski definition) is 0. The van der Waals surface area contributed by atoms with Gasteiger partial charge in [0, 0.05) is 19.7 Å². The zero-order chi connectivity index (χ0) is 21.1. The van der Waals surface area contributed by atoms with Crippen LogP contribution in [0.15, 0.2) is 60.7 Å². The Morgan fingerprint density at radius 2 is 1.80 bits per heavy atom. The first kappa shape index (κ1) is 20.2. The summed E-state index contributed by atoms with van der Waals surface area (Å²) in [5.41, 5.74) is 3.87. The normalized spacial score (nSPS) is 20.3. The van der Waals surface area contributed by atoms with E-state index >= 15 is 0 Å². The number of fused-ring (bicyclic) bond motifs is 2. The van der Waals surface area contributed by atoms with Gasteiger partial charge in [0.25, 0.3) is 5.91 Å². The molecule has 0 spiro atoms. The number of carbonyl (C=O) groups excluding carboxylic acids is 2. The minimum atomic E-state index is -0.306. The summed E-state index contributed by atoms with van der Waals surface area (Å²) in [5, 5.41) is 0. The highest BCUT2D eigenvalue weighted by Crippen LogP contribution is 2.33. The molecule has 2 heterocycles. The molecule has 6 heteroatoms. The largest absolute Gasteiger partial charge is 0.445 e. The lowest BCUT2D eigenvalue weighted by Gasteiger charge is -2.43. The zero-order valence-electron chi connectivity index (χ0n) is 17.3. The molecule has 0 saturated carbocycles. The Morgan fingerprint density at radius 1 is 1.07 bits per heavy atom. The third kappa shape index (κ3) is 4.24. The van der Waals surface area contributed by atoms with Crippen LogP contribution in [0.1, 0.15) is 27.9 Å². The summed E-state index contributed by atoms with van der Waals surface area (Å²) in [6.07, 6.45) is 2.47. The molecule has 2 unspecified atom stereocenters. The number of ether oxygens (including phenoxy) is 2. The fourth-order valence-electron chi connectivity index (χ4n) is 3.97. The molecule has 2 aromatic rings. The van der Waals surface area contributed by atoms with Crippen LogP contribution in [0.4, 0.5) is 4.79 Å². The van der Waals surface area contributed by atoms with Crippen LogP contribution in [-0.4, -0.2) is 61.2 Å². The minimum Gasteiger partial charge on any atom is -0.445 e. The van der Waals surface area contributed by atoms with E-state index < -0.39 is 0 Å². The molecule has 2 atom stereocenters. The first-order chi connectivity index (χ1) is 14.5. The highest BCUT2D eigenvalue weighted by molar-refractivity contribution is 5.94. The minimum absolute atomic E-state index is 0.0169. The summed E-state index contributed by atoms with van der Waals surface area (Å²) < 4.78 is 11.3. The highest BCUT2D eigenvalue weighted by atomic mass is 16.6. The lowest BCUT2D eigenvalue weighted by Crippen LogP contribution is -2.56. The van der Waals surface area contributed by atoms with Crippen molar-refractivity contribution in [2.24, 2.45) is 0 Å². The molecule has 0 aromatic heterocycles.